The molecule has 0 fully saturated rings. The number of nitrogens with zero attached hydrogens (tertiary/aromatic N) is 5. The summed E-state index contributed by atoms with van der Waals surface area (Å²) in [5.74, 6) is 0.220. The van der Waals surface area contributed by atoms with Crippen molar-refractivity contribution >= 4 is 45.5 Å². The Morgan fingerprint density at radius 2 is 1.68 bits per heavy atom. The van der Waals surface area contributed by atoms with Gasteiger partial charge in [0.1, 0.15) is 22.7 Å². The molecule has 38 heavy (non-hydrogen) atoms. The van der Waals surface area contributed by atoms with E-state index in [-0.39, 0.29) is 28.1 Å². The fourth-order valence-electron chi connectivity index (χ4n) is 3.68. The number of amides is 1. The number of alkyl halides is 2. The van der Waals surface area contributed by atoms with Gasteiger partial charge in [0, 0.05) is 0 Å². The smallest absolute Gasteiger partial charge is 0.387 e. The third-order valence-corrected chi connectivity index (χ3v) is 6.42. The maximum atomic E-state index is 13.4. The van der Waals surface area contributed by atoms with Crippen LogP contribution in [0.5, 0.6) is 11.5 Å². The second-order valence-electron chi connectivity index (χ2n) is 7.89. The van der Waals surface area contributed by atoms with Crippen molar-refractivity contribution in [2.75, 3.05) is 12.0 Å². The summed E-state index contributed by atoms with van der Waals surface area (Å²) in [5.41, 5.74) is 1.41. The fourth-order valence-corrected chi connectivity index (χ4v) is 4.57. The lowest BCUT2D eigenvalue weighted by molar-refractivity contribution is -0.113. The van der Waals surface area contributed by atoms with Gasteiger partial charge in [-0.2, -0.15) is 13.5 Å². The Bertz CT molecular complexity index is 1610. The van der Waals surface area contributed by atoms with E-state index in [0.717, 1.165) is 17.3 Å². The van der Waals surface area contributed by atoms with Crippen LogP contribution < -0.4 is 19.9 Å². The van der Waals surface area contributed by atoms with Crippen LogP contribution in [0.4, 0.5) is 14.5 Å². The lowest BCUT2D eigenvalue weighted by Crippen LogP contribution is -2.31. The minimum Gasteiger partial charge on any atom is -0.497 e. The number of benzene rings is 3. The number of methoxy groups -OCH3 is 1. The van der Waals surface area contributed by atoms with Crippen LogP contribution in [-0.4, -0.2) is 39.8 Å². The zero-order chi connectivity index (χ0) is 26.6. The Kier molecular flexibility index (Phi) is 7.13. The molecule has 1 aliphatic rings. The molecule has 0 atom stereocenters. The van der Waals surface area contributed by atoms with Crippen LogP contribution in [-0.2, 0) is 10.7 Å². The number of thioether (sulfide) groups is 1. The Labute approximate surface area is 219 Å². The van der Waals surface area contributed by atoms with Gasteiger partial charge in [0.05, 0.1) is 24.1 Å². The van der Waals surface area contributed by atoms with E-state index >= 15 is 0 Å². The maximum Gasteiger partial charge on any atom is 0.387 e. The Balaban J connectivity index is 1.47. The zero-order valence-electron chi connectivity index (χ0n) is 19.8. The van der Waals surface area contributed by atoms with Gasteiger partial charge in [-0.25, -0.2) is 4.99 Å². The minimum absolute atomic E-state index is 0.0294. The van der Waals surface area contributed by atoms with Crippen LogP contribution in [0, 0.1) is 0 Å². The lowest BCUT2D eigenvalue weighted by Gasteiger charge is -2.18. The molecule has 192 valence electrons. The third-order valence-electron chi connectivity index (χ3n) is 5.51. The van der Waals surface area contributed by atoms with E-state index in [1.54, 1.807) is 61.7 Å². The van der Waals surface area contributed by atoms with Crippen molar-refractivity contribution in [3.63, 3.8) is 0 Å². The molecule has 0 radical (unpaired) electrons. The number of aliphatic imine (C=N–C) groups is 1. The number of halogens is 2. The Morgan fingerprint density at radius 3 is 2.39 bits per heavy atom. The first-order chi connectivity index (χ1) is 18.4. The summed E-state index contributed by atoms with van der Waals surface area (Å²) < 4.78 is 35.9. The number of amidine groups is 1. The summed E-state index contributed by atoms with van der Waals surface area (Å²) in [5, 5.41) is 8.76. The number of ether oxygens (including phenoxy) is 2. The molecule has 12 heteroatoms. The van der Waals surface area contributed by atoms with Crippen molar-refractivity contribution in [2.45, 2.75) is 12.5 Å². The predicted octanol–water partition coefficient (Wildman–Crippen LogP) is 4.54. The zero-order valence-corrected chi connectivity index (χ0v) is 20.6. The summed E-state index contributed by atoms with van der Waals surface area (Å²) in [6.45, 7) is -2.97. The highest BCUT2D eigenvalue weighted by Gasteiger charge is 2.32. The first kappa shape index (κ1) is 25.1. The highest BCUT2D eigenvalue weighted by Crippen LogP contribution is 2.31. The number of hydrogen-bond donors (Lipinski definition) is 0. The normalized spacial score (nSPS) is 14.4. The molecular formula is C26H19F2N5O4S. The Morgan fingerprint density at radius 1 is 0.974 bits per heavy atom. The van der Waals surface area contributed by atoms with Crippen molar-refractivity contribution in [3.05, 3.63) is 94.4 Å². The van der Waals surface area contributed by atoms with Gasteiger partial charge in [0.25, 0.3) is 11.5 Å². The number of carbonyl (C=O) groups is 1. The van der Waals surface area contributed by atoms with E-state index in [0.29, 0.717) is 22.3 Å². The van der Waals surface area contributed by atoms with Crippen LogP contribution in [0.15, 0.2) is 88.3 Å². The largest absolute Gasteiger partial charge is 0.497 e. The van der Waals surface area contributed by atoms with Crippen molar-refractivity contribution < 1.29 is 23.0 Å². The summed E-state index contributed by atoms with van der Waals surface area (Å²) in [6.07, 6.45) is 1.62. The molecule has 0 unspecified atom stereocenters. The molecule has 5 rings (SSSR count). The molecule has 1 aromatic heterocycles. The molecule has 0 N–H and O–H groups in total. The number of hydrogen-bond acceptors (Lipinski definition) is 8. The summed E-state index contributed by atoms with van der Waals surface area (Å²) in [4.78, 5) is 32.1. The number of rotatable bonds is 7. The van der Waals surface area contributed by atoms with E-state index < -0.39 is 12.5 Å². The standard InChI is InChI=1S/C26H19F2N5O4S/c1-36-18-10-6-16(7-11-18)14-22-24(35)33(17-8-12-19(13-9-17)37-25(27)28)26(29-22)38-15-32-23(34)20-4-2-3-5-21(20)30-31-32/h2-14,25H,15H2,1H3/b22-14-. The number of fused-ring (bicyclic) bond motifs is 1. The first-order valence-corrected chi connectivity index (χ1v) is 12.2. The van der Waals surface area contributed by atoms with E-state index in [2.05, 4.69) is 20.0 Å². The molecular weight excluding hydrogens is 516 g/mol. The van der Waals surface area contributed by atoms with Crippen molar-refractivity contribution in [1.82, 2.24) is 15.0 Å². The maximum absolute atomic E-state index is 13.4. The average Bonchev–Trinajstić information content (AvgIpc) is 3.23. The highest BCUT2D eigenvalue weighted by molar-refractivity contribution is 8.13. The number of aromatic nitrogens is 3. The summed E-state index contributed by atoms with van der Waals surface area (Å²) in [7, 11) is 1.56. The molecule has 1 aliphatic heterocycles. The molecule has 0 spiro atoms. The van der Waals surface area contributed by atoms with Gasteiger partial charge in [-0.1, -0.05) is 41.2 Å². The molecule has 9 nitrogen and oxygen atoms in total. The quantitative estimate of drug-likeness (QED) is 0.321. The van der Waals surface area contributed by atoms with Gasteiger partial charge >= 0.3 is 6.61 Å². The van der Waals surface area contributed by atoms with Crippen LogP contribution in [0.2, 0.25) is 0 Å². The van der Waals surface area contributed by atoms with Gasteiger partial charge in [-0.3, -0.25) is 14.5 Å². The van der Waals surface area contributed by atoms with E-state index in [4.69, 9.17) is 4.74 Å². The molecule has 1 amide bonds. The third kappa shape index (κ3) is 5.25. The molecule has 4 aromatic rings. The molecule has 0 bridgehead atoms. The van der Waals surface area contributed by atoms with E-state index in [9.17, 15) is 18.4 Å². The monoisotopic (exact) mass is 535 g/mol. The molecule has 3 aromatic carbocycles. The molecule has 0 saturated heterocycles. The second kappa shape index (κ2) is 10.8. The van der Waals surface area contributed by atoms with E-state index in [1.165, 1.54) is 33.8 Å². The van der Waals surface area contributed by atoms with Crippen LogP contribution >= 0.6 is 11.8 Å². The molecule has 2 heterocycles. The topological polar surface area (TPSA) is 98.9 Å². The van der Waals surface area contributed by atoms with Gasteiger partial charge < -0.3 is 9.47 Å². The average molecular weight is 536 g/mol. The van der Waals surface area contributed by atoms with Crippen molar-refractivity contribution in [3.8, 4) is 11.5 Å². The molecule has 0 aliphatic carbocycles. The van der Waals surface area contributed by atoms with Crippen LogP contribution in [0.25, 0.3) is 17.0 Å². The van der Waals surface area contributed by atoms with E-state index in [1.807, 2.05) is 0 Å². The number of carbonyl (C=O) groups excluding carboxylic acids is 1. The first-order valence-electron chi connectivity index (χ1n) is 11.2. The van der Waals surface area contributed by atoms with Gasteiger partial charge in [-0.15, -0.1) is 5.10 Å². The van der Waals surface area contributed by atoms with Crippen molar-refractivity contribution in [1.29, 1.82) is 0 Å². The summed E-state index contributed by atoms with van der Waals surface area (Å²) in [6, 6.07) is 19.6. The molecule has 0 saturated carbocycles. The fraction of sp³-hybridized carbons (Fsp3) is 0.115. The van der Waals surface area contributed by atoms with Gasteiger partial charge in [-0.05, 0) is 60.2 Å². The van der Waals surface area contributed by atoms with Crippen molar-refractivity contribution in [2.24, 2.45) is 4.99 Å². The predicted molar refractivity (Wildman–Crippen MR) is 140 cm³/mol. The number of anilines is 1. The second-order valence-corrected chi connectivity index (χ2v) is 8.81. The van der Waals surface area contributed by atoms with Crippen LogP contribution in [0.1, 0.15) is 5.56 Å². The summed E-state index contributed by atoms with van der Waals surface area (Å²) >= 11 is 1.11. The van der Waals surface area contributed by atoms with Gasteiger partial charge in [0.2, 0.25) is 0 Å². The Hall–Kier alpha value is -4.58. The minimum atomic E-state index is -2.97. The van der Waals surface area contributed by atoms with Crippen LogP contribution in [0.3, 0.4) is 0 Å². The SMILES string of the molecule is COc1ccc(/C=C2\N=C(SCn3nnc4ccccc4c3=O)N(c3ccc(OC(F)F)cc3)C2=O)cc1. The lowest BCUT2D eigenvalue weighted by atomic mass is 10.2. The highest BCUT2D eigenvalue weighted by atomic mass is 32.2. The van der Waals surface area contributed by atoms with Gasteiger partial charge in [0.15, 0.2) is 5.17 Å².